The van der Waals surface area contributed by atoms with Gasteiger partial charge in [-0.15, -0.1) is 0 Å². The zero-order chi connectivity index (χ0) is 19.3. The van der Waals surface area contributed by atoms with Crippen molar-refractivity contribution in [1.29, 1.82) is 0 Å². The minimum absolute atomic E-state index is 0.0692. The minimum Gasteiger partial charge on any atom is -0.454 e. The Morgan fingerprint density at radius 1 is 0.964 bits per heavy atom. The molecule has 0 atom stereocenters. The predicted molar refractivity (Wildman–Crippen MR) is 106 cm³/mol. The fourth-order valence-electron chi connectivity index (χ4n) is 3.45. The summed E-state index contributed by atoms with van der Waals surface area (Å²) in [5.41, 5.74) is 5.65. The zero-order valence-corrected chi connectivity index (χ0v) is 15.7. The summed E-state index contributed by atoms with van der Waals surface area (Å²) in [6, 6.07) is 13.8. The van der Waals surface area contributed by atoms with Gasteiger partial charge in [0.25, 0.3) is 5.56 Å². The van der Waals surface area contributed by atoms with Crippen LogP contribution in [0, 0.1) is 13.8 Å². The molecule has 0 N–H and O–H groups in total. The molecule has 0 aliphatic carbocycles. The van der Waals surface area contributed by atoms with Crippen molar-refractivity contribution >= 4 is 5.52 Å². The molecular weight excluding hydrogens is 354 g/mol. The van der Waals surface area contributed by atoms with E-state index in [1.165, 1.54) is 11.1 Å². The van der Waals surface area contributed by atoms with E-state index in [0.29, 0.717) is 17.8 Å². The number of hydrogen-bond acceptors (Lipinski definition) is 4. The van der Waals surface area contributed by atoms with E-state index < -0.39 is 0 Å². The summed E-state index contributed by atoms with van der Waals surface area (Å²) in [7, 11) is 0. The van der Waals surface area contributed by atoms with Crippen LogP contribution in [0.3, 0.4) is 0 Å². The summed E-state index contributed by atoms with van der Waals surface area (Å²) in [6.07, 6.45) is 3.59. The van der Waals surface area contributed by atoms with Crippen LogP contribution in [0.25, 0.3) is 16.8 Å². The maximum atomic E-state index is 13.0. The molecule has 2 aromatic heterocycles. The Hall–Kier alpha value is -3.54. The van der Waals surface area contributed by atoms with Gasteiger partial charge in [0.2, 0.25) is 6.79 Å². The van der Waals surface area contributed by atoms with Gasteiger partial charge < -0.3 is 14.0 Å². The van der Waals surface area contributed by atoms with E-state index in [1.54, 1.807) is 15.3 Å². The number of benzene rings is 2. The van der Waals surface area contributed by atoms with Crippen LogP contribution in [0.4, 0.5) is 0 Å². The van der Waals surface area contributed by atoms with Crippen molar-refractivity contribution in [2.24, 2.45) is 0 Å². The molecule has 6 nitrogen and oxygen atoms in total. The molecule has 5 rings (SSSR count). The summed E-state index contributed by atoms with van der Waals surface area (Å²) in [6.45, 7) is 4.93. The average Bonchev–Trinajstić information content (AvgIpc) is 3.33. The first-order chi connectivity index (χ1) is 13.6. The molecule has 1 aliphatic rings. The van der Waals surface area contributed by atoms with Crippen LogP contribution in [-0.4, -0.2) is 21.0 Å². The highest BCUT2D eigenvalue weighted by Crippen LogP contribution is 2.35. The number of aromatic nitrogens is 3. The van der Waals surface area contributed by atoms with Gasteiger partial charge in [-0.2, -0.15) is 5.10 Å². The number of aryl methyl sites for hydroxylation is 2. The van der Waals surface area contributed by atoms with Crippen LogP contribution in [0.5, 0.6) is 11.5 Å². The van der Waals surface area contributed by atoms with Crippen LogP contribution >= 0.6 is 0 Å². The largest absolute Gasteiger partial charge is 0.454 e. The lowest BCUT2D eigenvalue weighted by Crippen LogP contribution is -2.21. The lowest BCUT2D eigenvalue weighted by atomic mass is 10.1. The summed E-state index contributed by atoms with van der Waals surface area (Å²) in [4.78, 5) is 13.0. The third-order valence-electron chi connectivity index (χ3n) is 5.20. The molecule has 1 aliphatic heterocycles. The number of hydrogen-bond donors (Lipinski definition) is 0. The zero-order valence-electron chi connectivity index (χ0n) is 15.7. The van der Waals surface area contributed by atoms with Gasteiger partial charge in [0.05, 0.1) is 12.2 Å². The van der Waals surface area contributed by atoms with E-state index in [-0.39, 0.29) is 12.4 Å². The topological polar surface area (TPSA) is 57.8 Å². The van der Waals surface area contributed by atoms with Gasteiger partial charge in [0, 0.05) is 18.0 Å². The van der Waals surface area contributed by atoms with Gasteiger partial charge >= 0.3 is 0 Å². The van der Waals surface area contributed by atoms with Gasteiger partial charge in [-0.1, -0.05) is 18.2 Å². The summed E-state index contributed by atoms with van der Waals surface area (Å²) in [5.74, 6) is 1.42. The second kappa shape index (κ2) is 6.27. The van der Waals surface area contributed by atoms with Crippen molar-refractivity contribution in [3.8, 4) is 22.8 Å². The number of nitrogens with zero attached hydrogens (tertiary/aromatic N) is 3. The number of ether oxygens (including phenoxy) is 2. The molecule has 0 bridgehead atoms. The smallest absolute Gasteiger partial charge is 0.276 e. The Kier molecular flexibility index (Phi) is 3.72. The third kappa shape index (κ3) is 2.74. The monoisotopic (exact) mass is 373 g/mol. The van der Waals surface area contributed by atoms with E-state index in [9.17, 15) is 4.79 Å². The van der Waals surface area contributed by atoms with E-state index in [1.807, 2.05) is 30.5 Å². The molecule has 2 aromatic carbocycles. The van der Waals surface area contributed by atoms with Crippen LogP contribution in [0.2, 0.25) is 0 Å². The van der Waals surface area contributed by atoms with Crippen LogP contribution < -0.4 is 15.0 Å². The first-order valence-electron chi connectivity index (χ1n) is 9.13. The average molecular weight is 373 g/mol. The Labute approximate surface area is 161 Å². The van der Waals surface area contributed by atoms with Gasteiger partial charge in [-0.05, 0) is 54.8 Å². The fourth-order valence-corrected chi connectivity index (χ4v) is 3.45. The van der Waals surface area contributed by atoms with Crippen molar-refractivity contribution in [3.05, 3.63) is 81.9 Å². The third-order valence-corrected chi connectivity index (χ3v) is 5.20. The standard InChI is InChI=1S/C22H19N3O3/c1-14-3-4-16(9-15(14)2)12-24-7-8-25-19(22(24)26)11-18(23-25)17-5-6-20-21(10-17)28-13-27-20/h3-11H,12-13H2,1-2H3. The van der Waals surface area contributed by atoms with Crippen LogP contribution in [0.15, 0.2) is 59.7 Å². The summed E-state index contributed by atoms with van der Waals surface area (Å²) >= 11 is 0. The highest BCUT2D eigenvalue weighted by Gasteiger charge is 2.16. The first-order valence-corrected chi connectivity index (χ1v) is 9.13. The summed E-state index contributed by atoms with van der Waals surface area (Å²) in [5, 5.41) is 4.55. The van der Waals surface area contributed by atoms with Gasteiger partial charge in [0.15, 0.2) is 11.5 Å². The van der Waals surface area contributed by atoms with Crippen LogP contribution in [-0.2, 0) is 6.54 Å². The van der Waals surface area contributed by atoms with E-state index >= 15 is 0 Å². The lowest BCUT2D eigenvalue weighted by molar-refractivity contribution is 0.174. The molecule has 0 spiro atoms. The maximum Gasteiger partial charge on any atom is 0.276 e. The predicted octanol–water partition coefficient (Wildman–Crippen LogP) is 3.56. The normalized spacial score (nSPS) is 12.6. The molecule has 6 heteroatoms. The van der Waals surface area contributed by atoms with E-state index in [2.05, 4.69) is 37.1 Å². The minimum atomic E-state index is -0.0692. The molecule has 0 fully saturated rings. The van der Waals surface area contributed by atoms with Crippen molar-refractivity contribution in [1.82, 2.24) is 14.2 Å². The number of fused-ring (bicyclic) bond motifs is 2. The van der Waals surface area contributed by atoms with Crippen molar-refractivity contribution in [2.45, 2.75) is 20.4 Å². The Bertz CT molecular complexity index is 1270. The quantitative estimate of drug-likeness (QED) is 0.551. The highest BCUT2D eigenvalue weighted by molar-refractivity contribution is 5.68. The van der Waals surface area contributed by atoms with Gasteiger partial charge in [0.1, 0.15) is 5.52 Å². The van der Waals surface area contributed by atoms with Gasteiger partial charge in [-0.3, -0.25) is 4.79 Å². The van der Waals surface area contributed by atoms with Crippen LogP contribution in [0.1, 0.15) is 16.7 Å². The van der Waals surface area contributed by atoms with Crippen molar-refractivity contribution in [3.63, 3.8) is 0 Å². The SMILES string of the molecule is Cc1ccc(Cn2ccn3nc(-c4ccc5c(c4)OCO5)cc3c2=O)cc1C. The Balaban J connectivity index is 1.53. The number of rotatable bonds is 3. The molecule has 0 saturated carbocycles. The molecule has 0 amide bonds. The van der Waals surface area contributed by atoms with E-state index in [0.717, 1.165) is 22.6 Å². The van der Waals surface area contributed by atoms with E-state index in [4.69, 9.17) is 9.47 Å². The van der Waals surface area contributed by atoms with Gasteiger partial charge in [-0.25, -0.2) is 4.52 Å². The Morgan fingerprint density at radius 2 is 1.82 bits per heavy atom. The molecule has 0 unspecified atom stereocenters. The molecule has 140 valence electrons. The Morgan fingerprint density at radius 3 is 2.68 bits per heavy atom. The molecule has 4 aromatic rings. The molecule has 0 radical (unpaired) electrons. The summed E-state index contributed by atoms with van der Waals surface area (Å²) < 4.78 is 14.1. The molecule has 0 saturated heterocycles. The molecule has 28 heavy (non-hydrogen) atoms. The second-order valence-corrected chi connectivity index (χ2v) is 7.08. The second-order valence-electron chi connectivity index (χ2n) is 7.08. The maximum absolute atomic E-state index is 13.0. The van der Waals surface area contributed by atoms with Crippen molar-refractivity contribution < 1.29 is 9.47 Å². The molecular formula is C22H19N3O3. The lowest BCUT2D eigenvalue weighted by Gasteiger charge is -2.08. The molecule has 3 heterocycles. The van der Waals surface area contributed by atoms with Crippen molar-refractivity contribution in [2.75, 3.05) is 6.79 Å². The fraction of sp³-hybridized carbons (Fsp3) is 0.182. The highest BCUT2D eigenvalue weighted by atomic mass is 16.7. The first kappa shape index (κ1) is 16.6.